The average Bonchev–Trinajstić information content (AvgIpc) is 3.25. The number of aromatic nitrogens is 1. The maximum Gasteiger partial charge on any atom is 0.324 e. The van der Waals surface area contributed by atoms with Crippen LogP contribution in [0.25, 0.3) is 0 Å². The summed E-state index contributed by atoms with van der Waals surface area (Å²) in [4.78, 5) is 31.4. The summed E-state index contributed by atoms with van der Waals surface area (Å²) in [5, 5.41) is 3.12. The molecular formula is C21H25N5O4S2. The van der Waals surface area contributed by atoms with E-state index >= 15 is 0 Å². The van der Waals surface area contributed by atoms with Gasteiger partial charge in [0.15, 0.2) is 0 Å². The summed E-state index contributed by atoms with van der Waals surface area (Å²) in [6, 6.07) is 12.9. The van der Waals surface area contributed by atoms with Crippen LogP contribution in [0.15, 0.2) is 58.6 Å². The highest BCUT2D eigenvalue weighted by molar-refractivity contribution is 7.99. The highest BCUT2D eigenvalue weighted by Crippen LogP contribution is 2.21. The van der Waals surface area contributed by atoms with Crippen molar-refractivity contribution in [1.82, 2.24) is 24.4 Å². The van der Waals surface area contributed by atoms with Crippen molar-refractivity contribution in [1.29, 1.82) is 0 Å². The smallest absolute Gasteiger partial charge is 0.324 e. The lowest BCUT2D eigenvalue weighted by Crippen LogP contribution is -2.48. The topological polar surface area (TPSA) is 103 Å². The van der Waals surface area contributed by atoms with E-state index in [2.05, 4.69) is 27.3 Å². The molecule has 3 heterocycles. The van der Waals surface area contributed by atoms with E-state index in [9.17, 15) is 18.0 Å². The first kappa shape index (κ1) is 22.7. The quantitative estimate of drug-likeness (QED) is 0.601. The summed E-state index contributed by atoms with van der Waals surface area (Å²) in [6.07, 6.45) is 1.33. The van der Waals surface area contributed by atoms with Crippen LogP contribution in [0.5, 0.6) is 0 Å². The van der Waals surface area contributed by atoms with Crippen molar-refractivity contribution in [3.05, 3.63) is 54.2 Å². The Morgan fingerprint density at radius 2 is 1.78 bits per heavy atom. The molecule has 0 unspecified atom stereocenters. The SMILES string of the molecule is O=C(CSc1ccc(S(=O)(=O)N2CCN(Cc3ccccc3)CC2)cn1)N1CCNC1=O. The van der Waals surface area contributed by atoms with Gasteiger partial charge < -0.3 is 5.32 Å². The second-order valence-corrected chi connectivity index (χ2v) is 10.5. The largest absolute Gasteiger partial charge is 0.336 e. The molecular weight excluding hydrogens is 450 g/mol. The van der Waals surface area contributed by atoms with Crippen LogP contribution in [0.1, 0.15) is 5.56 Å². The van der Waals surface area contributed by atoms with Crippen LogP contribution < -0.4 is 5.32 Å². The third-order valence-corrected chi connectivity index (χ3v) is 8.24. The first-order valence-electron chi connectivity index (χ1n) is 10.4. The number of imide groups is 1. The fraction of sp³-hybridized carbons (Fsp3) is 0.381. The number of nitrogens with zero attached hydrogens (tertiary/aromatic N) is 4. The standard InChI is InChI=1S/C21H25N5O4S2/c27-20(26-9-8-22-21(26)28)16-31-19-7-6-18(14-23-19)32(29,30)25-12-10-24(11-13-25)15-17-4-2-1-3-5-17/h1-7,14H,8-13,15-16H2,(H,22,28). The first-order valence-corrected chi connectivity index (χ1v) is 12.8. The Labute approximate surface area is 191 Å². The number of amides is 3. The second-order valence-electron chi connectivity index (χ2n) is 7.56. The van der Waals surface area contributed by atoms with E-state index in [1.807, 2.05) is 18.2 Å². The van der Waals surface area contributed by atoms with Crippen molar-refractivity contribution >= 4 is 33.7 Å². The summed E-state index contributed by atoms with van der Waals surface area (Å²) in [7, 11) is -3.62. The Kier molecular flexibility index (Phi) is 7.09. The monoisotopic (exact) mass is 475 g/mol. The van der Waals surface area contributed by atoms with E-state index in [1.165, 1.54) is 38.8 Å². The normalized spacial score (nSPS) is 18.0. The van der Waals surface area contributed by atoms with Crippen molar-refractivity contribution in [2.45, 2.75) is 16.5 Å². The molecule has 2 aromatic rings. The van der Waals surface area contributed by atoms with Gasteiger partial charge in [-0.25, -0.2) is 18.2 Å². The van der Waals surface area contributed by atoms with Crippen molar-refractivity contribution in [2.75, 3.05) is 45.0 Å². The molecule has 2 saturated heterocycles. The van der Waals surface area contributed by atoms with Crippen LogP contribution in [0, 0.1) is 0 Å². The van der Waals surface area contributed by atoms with Gasteiger partial charge in [-0.05, 0) is 17.7 Å². The molecule has 0 radical (unpaired) electrons. The van der Waals surface area contributed by atoms with Gasteiger partial charge >= 0.3 is 6.03 Å². The number of rotatable bonds is 7. The molecule has 1 N–H and O–H groups in total. The van der Waals surface area contributed by atoms with Gasteiger partial charge in [-0.3, -0.25) is 14.6 Å². The van der Waals surface area contributed by atoms with Crippen LogP contribution in [0.2, 0.25) is 0 Å². The molecule has 0 bridgehead atoms. The Bertz CT molecular complexity index is 1060. The number of thioether (sulfide) groups is 1. The number of hydrogen-bond donors (Lipinski definition) is 1. The highest BCUT2D eigenvalue weighted by atomic mass is 32.2. The number of carbonyl (C=O) groups excluding carboxylic acids is 2. The number of piperazine rings is 1. The maximum atomic E-state index is 13.0. The molecule has 2 fully saturated rings. The van der Waals surface area contributed by atoms with Crippen molar-refractivity contribution < 1.29 is 18.0 Å². The molecule has 9 nitrogen and oxygen atoms in total. The summed E-state index contributed by atoms with van der Waals surface area (Å²) >= 11 is 1.18. The predicted molar refractivity (Wildman–Crippen MR) is 121 cm³/mol. The van der Waals surface area contributed by atoms with Crippen LogP contribution >= 0.6 is 11.8 Å². The summed E-state index contributed by atoms with van der Waals surface area (Å²) in [6.45, 7) is 3.82. The summed E-state index contributed by atoms with van der Waals surface area (Å²) in [5.41, 5.74) is 1.21. The van der Waals surface area contributed by atoms with Crippen molar-refractivity contribution in [3.8, 4) is 0 Å². The zero-order valence-electron chi connectivity index (χ0n) is 17.5. The lowest BCUT2D eigenvalue weighted by molar-refractivity contribution is -0.124. The van der Waals surface area contributed by atoms with Gasteiger partial charge in [-0.1, -0.05) is 42.1 Å². The number of sulfonamides is 1. The van der Waals surface area contributed by atoms with Gasteiger partial charge in [0, 0.05) is 52.0 Å². The molecule has 2 aliphatic rings. The van der Waals surface area contributed by atoms with Gasteiger partial charge in [0.2, 0.25) is 15.9 Å². The Balaban J connectivity index is 1.30. The minimum atomic E-state index is -3.62. The molecule has 2 aliphatic heterocycles. The zero-order valence-corrected chi connectivity index (χ0v) is 19.1. The number of urea groups is 1. The second kappa shape index (κ2) is 9.99. The van der Waals surface area contributed by atoms with Gasteiger partial charge in [-0.15, -0.1) is 0 Å². The Morgan fingerprint density at radius 1 is 1.03 bits per heavy atom. The molecule has 0 saturated carbocycles. The molecule has 4 rings (SSSR count). The summed E-state index contributed by atoms with van der Waals surface area (Å²) < 4.78 is 27.5. The van der Waals surface area contributed by atoms with Crippen LogP contribution in [-0.2, 0) is 21.4 Å². The molecule has 0 aliphatic carbocycles. The van der Waals surface area contributed by atoms with Gasteiger partial charge in [-0.2, -0.15) is 4.31 Å². The average molecular weight is 476 g/mol. The van der Waals surface area contributed by atoms with Crippen LogP contribution in [0.3, 0.4) is 0 Å². The van der Waals surface area contributed by atoms with E-state index < -0.39 is 10.0 Å². The van der Waals surface area contributed by atoms with Gasteiger partial charge in [0.1, 0.15) is 4.90 Å². The lowest BCUT2D eigenvalue weighted by atomic mass is 10.2. The van der Waals surface area contributed by atoms with E-state index in [-0.39, 0.29) is 22.6 Å². The van der Waals surface area contributed by atoms with Gasteiger partial charge in [0.05, 0.1) is 10.8 Å². The van der Waals surface area contributed by atoms with Crippen LogP contribution in [0.4, 0.5) is 4.79 Å². The molecule has 11 heteroatoms. The van der Waals surface area contributed by atoms with Crippen molar-refractivity contribution in [3.63, 3.8) is 0 Å². The number of carbonyl (C=O) groups is 2. The van der Waals surface area contributed by atoms with Crippen molar-refractivity contribution in [2.24, 2.45) is 0 Å². The molecule has 0 atom stereocenters. The third kappa shape index (κ3) is 5.29. The predicted octanol–water partition coefficient (Wildman–Crippen LogP) is 1.23. The van der Waals surface area contributed by atoms with E-state index in [1.54, 1.807) is 6.07 Å². The summed E-state index contributed by atoms with van der Waals surface area (Å²) in [5.74, 6) is -0.229. The first-order chi connectivity index (χ1) is 15.4. The lowest BCUT2D eigenvalue weighted by Gasteiger charge is -2.33. The fourth-order valence-electron chi connectivity index (χ4n) is 3.65. The minimum Gasteiger partial charge on any atom is -0.336 e. The maximum absolute atomic E-state index is 13.0. The zero-order chi connectivity index (χ0) is 22.6. The molecule has 32 heavy (non-hydrogen) atoms. The number of pyridine rings is 1. The fourth-order valence-corrected chi connectivity index (χ4v) is 5.73. The minimum absolute atomic E-state index is 0.0654. The van der Waals surface area contributed by atoms with Gasteiger partial charge in [0.25, 0.3) is 0 Å². The number of nitrogens with one attached hydrogen (secondary N) is 1. The Morgan fingerprint density at radius 3 is 2.41 bits per heavy atom. The molecule has 3 amide bonds. The molecule has 0 spiro atoms. The van der Waals surface area contributed by atoms with E-state index in [0.29, 0.717) is 44.3 Å². The molecule has 1 aromatic carbocycles. The Hall–Kier alpha value is -2.47. The number of hydrogen-bond acceptors (Lipinski definition) is 7. The third-order valence-electron chi connectivity index (χ3n) is 5.43. The van der Waals surface area contributed by atoms with Crippen LogP contribution in [-0.4, -0.2) is 84.5 Å². The molecule has 1 aromatic heterocycles. The molecule has 170 valence electrons. The van der Waals surface area contributed by atoms with E-state index in [4.69, 9.17) is 0 Å². The highest BCUT2D eigenvalue weighted by Gasteiger charge is 2.29. The number of benzene rings is 1. The van der Waals surface area contributed by atoms with E-state index in [0.717, 1.165) is 6.54 Å².